The van der Waals surface area contributed by atoms with E-state index in [1.807, 2.05) is 0 Å². The van der Waals surface area contributed by atoms with Gasteiger partial charge in [-0.2, -0.15) is 0 Å². The van der Waals surface area contributed by atoms with Crippen molar-refractivity contribution in [3.8, 4) is 0 Å². The van der Waals surface area contributed by atoms with Gasteiger partial charge in [0.25, 0.3) is 5.56 Å². The number of ketones is 1. The Morgan fingerprint density at radius 1 is 1.29 bits per heavy atom. The fourth-order valence-corrected chi connectivity index (χ4v) is 1.70. The summed E-state index contributed by atoms with van der Waals surface area (Å²) < 4.78 is 18.2. The van der Waals surface area contributed by atoms with E-state index in [0.29, 0.717) is 0 Å². The van der Waals surface area contributed by atoms with E-state index >= 15 is 0 Å². The molecule has 0 saturated heterocycles. The number of hydrogen-bond donors (Lipinski definition) is 0. The molecule has 0 saturated carbocycles. The minimum Gasteiger partial charge on any atom is -0.465 e. The third-order valence-electron chi connectivity index (χ3n) is 2.79. The molecule has 0 aliphatic heterocycles. The average Bonchev–Trinajstić information content (AvgIpc) is 2.49. The molecular weight excluding hydrogens is 279 g/mol. The Hall–Kier alpha value is -2.83. The molecule has 6 nitrogen and oxygen atoms in total. The molecular formula is C14H11FN2O4. The van der Waals surface area contributed by atoms with Crippen LogP contribution in [-0.4, -0.2) is 28.4 Å². The van der Waals surface area contributed by atoms with Crippen molar-refractivity contribution < 1.29 is 18.7 Å². The van der Waals surface area contributed by atoms with E-state index in [4.69, 9.17) is 0 Å². The zero-order chi connectivity index (χ0) is 15.4. The Morgan fingerprint density at radius 2 is 1.95 bits per heavy atom. The molecule has 7 heteroatoms. The van der Waals surface area contributed by atoms with Gasteiger partial charge in [-0.05, 0) is 24.3 Å². The molecule has 2 aromatic rings. The van der Waals surface area contributed by atoms with Gasteiger partial charge in [0.1, 0.15) is 11.4 Å². The normalized spacial score (nSPS) is 10.2. The van der Waals surface area contributed by atoms with Gasteiger partial charge in [0.05, 0.1) is 20.0 Å². The van der Waals surface area contributed by atoms with Crippen LogP contribution in [0.1, 0.15) is 20.7 Å². The van der Waals surface area contributed by atoms with Crippen molar-refractivity contribution in [1.29, 1.82) is 0 Å². The van der Waals surface area contributed by atoms with Crippen LogP contribution >= 0.6 is 0 Å². The fourth-order valence-electron chi connectivity index (χ4n) is 1.70. The minimum absolute atomic E-state index is 0.256. The van der Waals surface area contributed by atoms with Crippen LogP contribution in [0.5, 0.6) is 0 Å². The highest BCUT2D eigenvalue weighted by Crippen LogP contribution is 2.04. The van der Waals surface area contributed by atoms with Crippen LogP contribution in [0.15, 0.2) is 41.6 Å². The first kappa shape index (κ1) is 14.6. The van der Waals surface area contributed by atoms with E-state index in [-0.39, 0.29) is 17.7 Å². The number of methoxy groups -OCH3 is 1. The summed E-state index contributed by atoms with van der Waals surface area (Å²) in [7, 11) is 1.14. The minimum atomic E-state index is -0.823. The second-order valence-electron chi connectivity index (χ2n) is 4.16. The quantitative estimate of drug-likeness (QED) is 0.621. The summed E-state index contributed by atoms with van der Waals surface area (Å²) in [6.07, 6.45) is 2.23. The number of benzene rings is 1. The molecule has 108 valence electrons. The number of carbonyl (C=O) groups is 2. The third kappa shape index (κ3) is 3.19. The summed E-state index contributed by atoms with van der Waals surface area (Å²) in [6, 6.07) is 4.94. The van der Waals surface area contributed by atoms with Gasteiger partial charge in [-0.3, -0.25) is 14.2 Å². The summed E-state index contributed by atoms with van der Waals surface area (Å²) >= 11 is 0. The maximum atomic E-state index is 12.8. The highest BCUT2D eigenvalue weighted by Gasteiger charge is 2.15. The van der Waals surface area contributed by atoms with Crippen molar-refractivity contribution in [3.05, 3.63) is 64.1 Å². The van der Waals surface area contributed by atoms with Crippen LogP contribution in [0.25, 0.3) is 0 Å². The smallest absolute Gasteiger partial charge is 0.345 e. The Kier molecular flexibility index (Phi) is 4.22. The highest BCUT2D eigenvalue weighted by atomic mass is 19.1. The van der Waals surface area contributed by atoms with Crippen LogP contribution < -0.4 is 5.56 Å². The van der Waals surface area contributed by atoms with Gasteiger partial charge < -0.3 is 4.74 Å². The number of Topliss-reactive ketones (excluding diaryl/α,β-unsaturated/α-hetero) is 1. The molecule has 0 unspecified atom stereocenters. The lowest BCUT2D eigenvalue weighted by atomic mass is 10.1. The van der Waals surface area contributed by atoms with Crippen LogP contribution in [0.4, 0.5) is 4.39 Å². The highest BCUT2D eigenvalue weighted by molar-refractivity contribution is 5.96. The molecule has 0 fully saturated rings. The zero-order valence-electron chi connectivity index (χ0n) is 11.1. The van der Waals surface area contributed by atoms with Crippen LogP contribution in [-0.2, 0) is 11.3 Å². The maximum Gasteiger partial charge on any atom is 0.345 e. The average molecular weight is 290 g/mol. The first-order valence-electron chi connectivity index (χ1n) is 5.94. The van der Waals surface area contributed by atoms with Crippen LogP contribution in [0, 0.1) is 5.82 Å². The van der Waals surface area contributed by atoms with Crippen molar-refractivity contribution in [2.24, 2.45) is 0 Å². The number of nitrogens with zero attached hydrogens (tertiary/aromatic N) is 2. The summed E-state index contributed by atoms with van der Waals surface area (Å²) in [5.41, 5.74) is -0.675. The van der Waals surface area contributed by atoms with Gasteiger partial charge in [0, 0.05) is 11.8 Å². The number of esters is 1. The van der Waals surface area contributed by atoms with Crippen molar-refractivity contribution in [3.63, 3.8) is 0 Å². The van der Waals surface area contributed by atoms with E-state index in [9.17, 15) is 18.8 Å². The Balaban J connectivity index is 2.28. The first-order chi connectivity index (χ1) is 10.0. The van der Waals surface area contributed by atoms with E-state index in [2.05, 4.69) is 9.72 Å². The van der Waals surface area contributed by atoms with Crippen molar-refractivity contribution >= 4 is 11.8 Å². The van der Waals surface area contributed by atoms with Crippen molar-refractivity contribution in [2.75, 3.05) is 7.11 Å². The maximum absolute atomic E-state index is 12.8. The molecule has 2 rings (SSSR count). The van der Waals surface area contributed by atoms with E-state index in [1.165, 1.54) is 12.1 Å². The predicted octanol–water partition coefficient (Wildman–Crippen LogP) is 1.05. The Bertz CT molecular complexity index is 737. The first-order valence-corrected chi connectivity index (χ1v) is 5.94. The van der Waals surface area contributed by atoms with Gasteiger partial charge in [-0.1, -0.05) is 0 Å². The lowest BCUT2D eigenvalue weighted by Crippen LogP contribution is -2.29. The Morgan fingerprint density at radius 3 is 2.57 bits per heavy atom. The van der Waals surface area contributed by atoms with E-state index < -0.39 is 23.1 Å². The lowest BCUT2D eigenvalue weighted by Gasteiger charge is -2.06. The molecule has 0 bridgehead atoms. The van der Waals surface area contributed by atoms with E-state index in [0.717, 1.165) is 36.3 Å². The molecule has 0 amide bonds. The summed E-state index contributed by atoms with van der Waals surface area (Å²) in [6.45, 7) is -0.303. The molecule has 1 aromatic heterocycles. The summed E-state index contributed by atoms with van der Waals surface area (Å²) in [4.78, 5) is 39.1. The molecule has 0 aliphatic rings. The van der Waals surface area contributed by atoms with Gasteiger partial charge in [0.15, 0.2) is 5.78 Å². The zero-order valence-corrected chi connectivity index (χ0v) is 11.1. The number of hydrogen-bond acceptors (Lipinski definition) is 5. The molecule has 0 radical (unpaired) electrons. The number of rotatable bonds is 4. The SMILES string of the molecule is COC(=O)c1cncn(CC(=O)c2ccc(F)cc2)c1=O. The predicted molar refractivity (Wildman–Crippen MR) is 70.6 cm³/mol. The summed E-state index contributed by atoms with van der Waals surface area (Å²) in [5, 5.41) is 0. The lowest BCUT2D eigenvalue weighted by molar-refractivity contribution is 0.0596. The van der Waals surface area contributed by atoms with Crippen molar-refractivity contribution in [1.82, 2.24) is 9.55 Å². The summed E-state index contributed by atoms with van der Waals surface area (Å²) in [5.74, 6) is -1.69. The molecule has 1 heterocycles. The van der Waals surface area contributed by atoms with Gasteiger partial charge in [-0.25, -0.2) is 14.2 Å². The number of carbonyl (C=O) groups excluding carboxylic acids is 2. The second kappa shape index (κ2) is 6.08. The van der Waals surface area contributed by atoms with Crippen LogP contribution in [0.3, 0.4) is 0 Å². The third-order valence-corrected chi connectivity index (χ3v) is 2.79. The van der Waals surface area contributed by atoms with Crippen LogP contribution in [0.2, 0.25) is 0 Å². The number of ether oxygens (including phenoxy) is 1. The van der Waals surface area contributed by atoms with Gasteiger partial charge in [0.2, 0.25) is 0 Å². The van der Waals surface area contributed by atoms with E-state index in [1.54, 1.807) is 0 Å². The molecule has 21 heavy (non-hydrogen) atoms. The topological polar surface area (TPSA) is 78.3 Å². The standard InChI is InChI=1S/C14H11FN2O4/c1-21-14(20)11-6-16-8-17(13(11)19)7-12(18)9-2-4-10(15)5-3-9/h2-6,8H,7H2,1H3. The number of halogens is 1. The second-order valence-corrected chi connectivity index (χ2v) is 4.16. The molecule has 0 aliphatic carbocycles. The number of aromatic nitrogens is 2. The molecule has 1 aromatic carbocycles. The Labute approximate surface area is 118 Å². The molecule has 0 atom stereocenters. The largest absolute Gasteiger partial charge is 0.465 e. The van der Waals surface area contributed by atoms with Gasteiger partial charge in [-0.15, -0.1) is 0 Å². The molecule has 0 N–H and O–H groups in total. The monoisotopic (exact) mass is 290 g/mol. The fraction of sp³-hybridized carbons (Fsp3) is 0.143. The van der Waals surface area contributed by atoms with Crippen molar-refractivity contribution in [2.45, 2.75) is 6.54 Å². The van der Waals surface area contributed by atoms with Gasteiger partial charge >= 0.3 is 5.97 Å². The molecule has 0 spiro atoms.